The van der Waals surface area contributed by atoms with Crippen molar-refractivity contribution in [3.05, 3.63) is 48.6 Å². The summed E-state index contributed by atoms with van der Waals surface area (Å²) in [5.41, 5.74) is 0. The van der Waals surface area contributed by atoms with Crippen LogP contribution in [-0.4, -0.2) is 47.4 Å². The predicted octanol–water partition coefficient (Wildman–Crippen LogP) is 22.9. The standard InChI is InChI=1S/C73H137NO5/c1-3-5-7-9-11-13-15-17-19-21-31-34-37-41-45-49-53-57-61-65-71(76)70(69-75)74-72(77)66-62-58-54-50-46-42-38-35-32-29-27-25-23-22-24-26-28-30-33-36-40-44-48-52-56-60-64-68-79-73(78)67-63-59-55-51-47-43-39-20-18-16-14-12-10-8-6-4-2/h14,16,20,22-23,26,28,39,70-71,75-76H,3-13,15,17-19,21,24-25,27,29-38,40-69H2,1-2H3,(H,74,77)/b16-14-,23-22-,28-26-,39-20-. The minimum atomic E-state index is -0.668. The van der Waals surface area contributed by atoms with Crippen LogP contribution in [0.15, 0.2) is 48.6 Å². The molecule has 0 aromatic carbocycles. The second-order valence-electron chi connectivity index (χ2n) is 24.2. The summed E-state index contributed by atoms with van der Waals surface area (Å²) >= 11 is 0. The molecule has 0 rings (SSSR count). The molecular formula is C73H137NO5. The molecule has 0 aromatic rings. The molecule has 6 heteroatoms. The highest BCUT2D eigenvalue weighted by Gasteiger charge is 2.20. The lowest BCUT2D eigenvalue weighted by molar-refractivity contribution is -0.143. The number of hydrogen-bond donors (Lipinski definition) is 3. The fraction of sp³-hybridized carbons (Fsp3) is 0.863. The Hall–Kier alpha value is -2.18. The molecule has 0 aliphatic carbocycles. The number of aliphatic hydroxyl groups is 2. The summed E-state index contributed by atoms with van der Waals surface area (Å²) < 4.78 is 5.48. The van der Waals surface area contributed by atoms with Crippen molar-refractivity contribution in [1.82, 2.24) is 5.32 Å². The first-order valence-corrected chi connectivity index (χ1v) is 35.4. The Kier molecular flexibility index (Phi) is 66.4. The molecular weight excluding hydrogens is 971 g/mol. The second kappa shape index (κ2) is 68.3. The molecule has 1 amide bonds. The fourth-order valence-electron chi connectivity index (χ4n) is 10.9. The molecule has 0 aromatic heterocycles. The summed E-state index contributed by atoms with van der Waals surface area (Å²) in [7, 11) is 0. The van der Waals surface area contributed by atoms with Gasteiger partial charge in [0, 0.05) is 12.8 Å². The van der Waals surface area contributed by atoms with Gasteiger partial charge in [0.25, 0.3) is 0 Å². The van der Waals surface area contributed by atoms with Gasteiger partial charge in [-0.1, -0.05) is 326 Å². The maximum absolute atomic E-state index is 12.5. The number of amides is 1. The number of esters is 1. The quantitative estimate of drug-likeness (QED) is 0.0320. The van der Waals surface area contributed by atoms with Crippen molar-refractivity contribution in [3.63, 3.8) is 0 Å². The number of hydrogen-bond acceptors (Lipinski definition) is 5. The van der Waals surface area contributed by atoms with Gasteiger partial charge in [-0.05, 0) is 89.9 Å². The van der Waals surface area contributed by atoms with Gasteiger partial charge in [0.05, 0.1) is 25.4 Å². The number of allylic oxidation sites excluding steroid dienone is 8. The van der Waals surface area contributed by atoms with Crippen LogP contribution in [0.1, 0.15) is 380 Å². The average molecular weight is 1110 g/mol. The van der Waals surface area contributed by atoms with E-state index < -0.39 is 12.1 Å². The lowest BCUT2D eigenvalue weighted by atomic mass is 10.0. The topological polar surface area (TPSA) is 95.9 Å². The van der Waals surface area contributed by atoms with E-state index in [1.807, 2.05) is 0 Å². The summed E-state index contributed by atoms with van der Waals surface area (Å²) in [6, 6.07) is -0.546. The van der Waals surface area contributed by atoms with Gasteiger partial charge < -0.3 is 20.3 Å². The van der Waals surface area contributed by atoms with Gasteiger partial charge in [-0.3, -0.25) is 9.59 Å². The lowest BCUT2D eigenvalue weighted by Gasteiger charge is -2.22. The maximum atomic E-state index is 12.5. The highest BCUT2D eigenvalue weighted by molar-refractivity contribution is 5.76. The van der Waals surface area contributed by atoms with Gasteiger partial charge in [0.2, 0.25) is 5.91 Å². The van der Waals surface area contributed by atoms with Crippen LogP contribution in [0.4, 0.5) is 0 Å². The lowest BCUT2D eigenvalue weighted by Crippen LogP contribution is -2.45. The molecule has 79 heavy (non-hydrogen) atoms. The van der Waals surface area contributed by atoms with Gasteiger partial charge in [-0.15, -0.1) is 0 Å². The highest BCUT2D eigenvalue weighted by Crippen LogP contribution is 2.18. The Labute approximate surface area is 493 Å². The van der Waals surface area contributed by atoms with Gasteiger partial charge >= 0.3 is 5.97 Å². The number of nitrogens with one attached hydrogen (secondary N) is 1. The molecule has 0 saturated carbocycles. The number of ether oxygens (including phenoxy) is 1. The number of rotatable bonds is 66. The van der Waals surface area contributed by atoms with E-state index in [-0.39, 0.29) is 18.5 Å². The van der Waals surface area contributed by atoms with Crippen LogP contribution in [0, 0.1) is 0 Å². The van der Waals surface area contributed by atoms with Gasteiger partial charge in [0.15, 0.2) is 0 Å². The van der Waals surface area contributed by atoms with Crippen LogP contribution < -0.4 is 5.32 Å². The molecule has 0 heterocycles. The van der Waals surface area contributed by atoms with Gasteiger partial charge in [-0.2, -0.15) is 0 Å². The van der Waals surface area contributed by atoms with E-state index in [9.17, 15) is 19.8 Å². The molecule has 0 fully saturated rings. The third-order valence-corrected chi connectivity index (χ3v) is 16.4. The van der Waals surface area contributed by atoms with Crippen molar-refractivity contribution >= 4 is 11.9 Å². The minimum Gasteiger partial charge on any atom is -0.466 e. The first kappa shape index (κ1) is 76.8. The smallest absolute Gasteiger partial charge is 0.305 e. The number of unbranched alkanes of at least 4 members (excludes halogenated alkanes) is 47. The van der Waals surface area contributed by atoms with Crippen molar-refractivity contribution in [3.8, 4) is 0 Å². The SMILES string of the molecule is CCCCCC/C=C\C/C=C\CCCCCCCC(=O)OCCCCCCCCCCC/C=C\C/C=C\CCCCCCCCCCCCCC(=O)NC(CO)C(O)CCCCCCCCCCCCCCCCCCCCC. The normalized spacial score (nSPS) is 12.8. The van der Waals surface area contributed by atoms with Crippen LogP contribution in [0.3, 0.4) is 0 Å². The number of carbonyl (C=O) groups is 2. The zero-order chi connectivity index (χ0) is 57.1. The van der Waals surface area contributed by atoms with Crippen LogP contribution in [0.5, 0.6) is 0 Å². The van der Waals surface area contributed by atoms with Gasteiger partial charge in [-0.25, -0.2) is 0 Å². The fourth-order valence-corrected chi connectivity index (χ4v) is 10.9. The van der Waals surface area contributed by atoms with Crippen LogP contribution >= 0.6 is 0 Å². The Bertz CT molecular complexity index is 1320. The summed E-state index contributed by atoms with van der Waals surface area (Å²) in [6.45, 7) is 4.95. The van der Waals surface area contributed by atoms with E-state index in [4.69, 9.17) is 4.74 Å². The molecule has 464 valence electrons. The largest absolute Gasteiger partial charge is 0.466 e. The molecule has 2 atom stereocenters. The van der Waals surface area contributed by atoms with E-state index >= 15 is 0 Å². The summed E-state index contributed by atoms with van der Waals surface area (Å²) in [6.07, 6.45) is 88.6. The molecule has 0 bridgehead atoms. The number of aliphatic hydroxyl groups excluding tert-OH is 2. The Morgan fingerprint density at radius 3 is 0.975 bits per heavy atom. The first-order chi connectivity index (χ1) is 39.0. The first-order valence-electron chi connectivity index (χ1n) is 35.4. The van der Waals surface area contributed by atoms with Crippen LogP contribution in [-0.2, 0) is 14.3 Å². The van der Waals surface area contributed by atoms with Crippen molar-refractivity contribution in [2.24, 2.45) is 0 Å². The van der Waals surface area contributed by atoms with E-state index in [1.54, 1.807) is 0 Å². The Morgan fingerprint density at radius 1 is 0.354 bits per heavy atom. The monoisotopic (exact) mass is 1110 g/mol. The van der Waals surface area contributed by atoms with Crippen molar-refractivity contribution in [1.29, 1.82) is 0 Å². The summed E-state index contributed by atoms with van der Waals surface area (Å²) in [4.78, 5) is 24.6. The molecule has 0 spiro atoms. The molecule has 6 nitrogen and oxygen atoms in total. The van der Waals surface area contributed by atoms with Crippen molar-refractivity contribution in [2.75, 3.05) is 13.2 Å². The third-order valence-electron chi connectivity index (χ3n) is 16.4. The molecule has 3 N–H and O–H groups in total. The molecule has 2 unspecified atom stereocenters. The Balaban J connectivity index is 3.43. The van der Waals surface area contributed by atoms with Crippen LogP contribution in [0.2, 0.25) is 0 Å². The van der Waals surface area contributed by atoms with Crippen molar-refractivity contribution < 1.29 is 24.5 Å². The Morgan fingerprint density at radius 2 is 0.633 bits per heavy atom. The molecule has 0 saturated heterocycles. The summed E-state index contributed by atoms with van der Waals surface area (Å²) in [5.74, 6) is -0.0379. The molecule has 0 aliphatic heterocycles. The zero-order valence-electron chi connectivity index (χ0n) is 53.1. The van der Waals surface area contributed by atoms with Crippen LogP contribution in [0.25, 0.3) is 0 Å². The minimum absolute atomic E-state index is 0.00263. The highest BCUT2D eigenvalue weighted by atomic mass is 16.5. The molecule has 0 radical (unpaired) electrons. The van der Waals surface area contributed by atoms with E-state index in [0.717, 1.165) is 57.8 Å². The predicted molar refractivity (Wildman–Crippen MR) is 347 cm³/mol. The number of carbonyl (C=O) groups excluding carboxylic acids is 2. The molecule has 0 aliphatic rings. The maximum Gasteiger partial charge on any atom is 0.305 e. The third kappa shape index (κ3) is 64.8. The average Bonchev–Trinajstić information content (AvgIpc) is 3.45. The van der Waals surface area contributed by atoms with E-state index in [1.165, 1.54) is 289 Å². The van der Waals surface area contributed by atoms with E-state index in [2.05, 4.69) is 67.8 Å². The van der Waals surface area contributed by atoms with E-state index in [0.29, 0.717) is 25.9 Å². The van der Waals surface area contributed by atoms with Gasteiger partial charge in [0.1, 0.15) is 0 Å². The zero-order valence-corrected chi connectivity index (χ0v) is 53.1. The summed E-state index contributed by atoms with van der Waals surface area (Å²) in [5, 5.41) is 23.4. The van der Waals surface area contributed by atoms with Crippen molar-refractivity contribution in [2.45, 2.75) is 392 Å². The second-order valence-corrected chi connectivity index (χ2v) is 24.2.